The summed E-state index contributed by atoms with van der Waals surface area (Å²) in [7, 11) is 1.34. The monoisotopic (exact) mass is 200 g/mol. The maximum atomic E-state index is 11.0. The number of aromatic nitrogens is 1. The lowest BCUT2D eigenvalue weighted by atomic mass is 10.2. The average Bonchev–Trinajstić information content (AvgIpc) is 2.64. The lowest BCUT2D eigenvalue weighted by Crippen LogP contribution is -2.09. The summed E-state index contributed by atoms with van der Waals surface area (Å²) in [6, 6.07) is 0. The molecule has 1 aromatic rings. The lowest BCUT2D eigenvalue weighted by Gasteiger charge is -2.01. The average molecular weight is 200 g/mol. The molecule has 1 rings (SSSR count). The Bertz CT molecular complexity index is 298. The standard InChI is InChI=1S/C8H12N2O2S/c1-5(3-9)7-10-6(4-13-7)8(11)12-2/h4-5H,3,9H2,1-2H3. The van der Waals surface area contributed by atoms with Crippen LogP contribution in [-0.2, 0) is 4.74 Å². The number of carbonyl (C=O) groups excluding carboxylic acids is 1. The Balaban J connectivity index is 2.80. The van der Waals surface area contributed by atoms with Crippen LogP contribution in [0.25, 0.3) is 0 Å². The molecule has 0 aromatic carbocycles. The van der Waals surface area contributed by atoms with Crippen LogP contribution in [0.4, 0.5) is 0 Å². The molecule has 2 N–H and O–H groups in total. The summed E-state index contributed by atoms with van der Waals surface area (Å²) in [6.45, 7) is 2.51. The molecule has 1 unspecified atom stereocenters. The predicted octanol–water partition coefficient (Wildman–Crippen LogP) is 0.992. The SMILES string of the molecule is COC(=O)c1csc(C(C)CN)n1. The largest absolute Gasteiger partial charge is 0.464 e. The van der Waals surface area contributed by atoms with Crippen molar-refractivity contribution >= 4 is 17.3 Å². The summed E-state index contributed by atoms with van der Waals surface area (Å²) < 4.78 is 4.54. The topological polar surface area (TPSA) is 65.2 Å². The van der Waals surface area contributed by atoms with Crippen LogP contribution in [0.5, 0.6) is 0 Å². The Morgan fingerprint density at radius 3 is 3.08 bits per heavy atom. The molecule has 0 spiro atoms. The molecular formula is C8H12N2O2S. The summed E-state index contributed by atoms with van der Waals surface area (Å²) in [5.74, 6) is -0.199. The van der Waals surface area contributed by atoms with Crippen LogP contribution in [0.3, 0.4) is 0 Å². The lowest BCUT2D eigenvalue weighted by molar-refractivity contribution is 0.0594. The zero-order chi connectivity index (χ0) is 9.84. The van der Waals surface area contributed by atoms with Gasteiger partial charge in [0.05, 0.1) is 12.1 Å². The van der Waals surface area contributed by atoms with Gasteiger partial charge in [0.25, 0.3) is 0 Å². The molecule has 4 nitrogen and oxygen atoms in total. The molecule has 0 radical (unpaired) electrons. The molecule has 1 aromatic heterocycles. The van der Waals surface area contributed by atoms with E-state index in [-0.39, 0.29) is 5.92 Å². The number of hydrogen-bond acceptors (Lipinski definition) is 5. The van der Waals surface area contributed by atoms with Gasteiger partial charge in [-0.05, 0) is 0 Å². The van der Waals surface area contributed by atoms with Gasteiger partial charge >= 0.3 is 5.97 Å². The Kier molecular flexibility index (Phi) is 3.39. The van der Waals surface area contributed by atoms with Gasteiger partial charge in [-0.15, -0.1) is 11.3 Å². The fourth-order valence-corrected chi connectivity index (χ4v) is 1.67. The van der Waals surface area contributed by atoms with E-state index in [0.29, 0.717) is 12.2 Å². The summed E-state index contributed by atoms with van der Waals surface area (Å²) >= 11 is 1.43. The maximum Gasteiger partial charge on any atom is 0.357 e. The van der Waals surface area contributed by atoms with Gasteiger partial charge < -0.3 is 10.5 Å². The van der Waals surface area contributed by atoms with Crippen LogP contribution < -0.4 is 5.73 Å². The first kappa shape index (κ1) is 10.1. The first-order chi connectivity index (χ1) is 6.19. The van der Waals surface area contributed by atoms with Crippen LogP contribution in [0.2, 0.25) is 0 Å². The van der Waals surface area contributed by atoms with E-state index in [9.17, 15) is 4.79 Å². The van der Waals surface area contributed by atoms with E-state index >= 15 is 0 Å². The van der Waals surface area contributed by atoms with Crippen LogP contribution in [0.1, 0.15) is 28.3 Å². The third-order valence-electron chi connectivity index (χ3n) is 1.69. The van der Waals surface area contributed by atoms with E-state index in [2.05, 4.69) is 9.72 Å². The van der Waals surface area contributed by atoms with Gasteiger partial charge in [0, 0.05) is 17.8 Å². The van der Waals surface area contributed by atoms with E-state index in [1.807, 2.05) is 6.92 Å². The van der Waals surface area contributed by atoms with E-state index in [4.69, 9.17) is 5.73 Å². The van der Waals surface area contributed by atoms with Gasteiger partial charge in [0.2, 0.25) is 0 Å². The van der Waals surface area contributed by atoms with Crippen molar-refractivity contribution < 1.29 is 9.53 Å². The van der Waals surface area contributed by atoms with Crippen molar-refractivity contribution in [3.05, 3.63) is 16.1 Å². The molecular weight excluding hydrogens is 188 g/mol. The number of esters is 1. The fraction of sp³-hybridized carbons (Fsp3) is 0.500. The fourth-order valence-electron chi connectivity index (χ4n) is 0.813. The van der Waals surface area contributed by atoms with Gasteiger partial charge in [-0.25, -0.2) is 9.78 Å². The molecule has 1 atom stereocenters. The second-order valence-corrected chi connectivity index (χ2v) is 3.59. The molecule has 0 fully saturated rings. The summed E-state index contributed by atoms with van der Waals surface area (Å²) in [5.41, 5.74) is 5.84. The van der Waals surface area contributed by atoms with Crippen molar-refractivity contribution in [2.75, 3.05) is 13.7 Å². The predicted molar refractivity (Wildman–Crippen MR) is 50.9 cm³/mol. The first-order valence-corrected chi connectivity index (χ1v) is 4.80. The number of nitrogens with zero attached hydrogens (tertiary/aromatic N) is 1. The number of thiazole rings is 1. The minimum atomic E-state index is -0.397. The second-order valence-electron chi connectivity index (χ2n) is 2.70. The number of nitrogens with two attached hydrogens (primary N) is 1. The van der Waals surface area contributed by atoms with E-state index in [1.54, 1.807) is 5.38 Å². The third-order valence-corrected chi connectivity index (χ3v) is 2.77. The summed E-state index contributed by atoms with van der Waals surface area (Å²) in [4.78, 5) is 15.1. The number of rotatable bonds is 3. The number of carbonyl (C=O) groups is 1. The molecule has 0 aliphatic carbocycles. The summed E-state index contributed by atoms with van der Waals surface area (Å²) in [6.07, 6.45) is 0. The van der Waals surface area contributed by atoms with Crippen molar-refractivity contribution in [3.8, 4) is 0 Å². The van der Waals surface area contributed by atoms with Crippen molar-refractivity contribution in [2.45, 2.75) is 12.8 Å². The van der Waals surface area contributed by atoms with E-state index in [1.165, 1.54) is 18.4 Å². The van der Waals surface area contributed by atoms with Crippen LogP contribution >= 0.6 is 11.3 Å². The van der Waals surface area contributed by atoms with Crippen LogP contribution in [-0.4, -0.2) is 24.6 Å². The van der Waals surface area contributed by atoms with Gasteiger partial charge in [-0.3, -0.25) is 0 Å². The smallest absolute Gasteiger partial charge is 0.357 e. The highest BCUT2D eigenvalue weighted by Gasteiger charge is 2.13. The molecule has 0 aliphatic rings. The van der Waals surface area contributed by atoms with Crippen molar-refractivity contribution in [3.63, 3.8) is 0 Å². The molecule has 1 heterocycles. The molecule has 13 heavy (non-hydrogen) atoms. The van der Waals surface area contributed by atoms with Gasteiger partial charge in [0.1, 0.15) is 0 Å². The van der Waals surface area contributed by atoms with E-state index in [0.717, 1.165) is 5.01 Å². The highest BCUT2D eigenvalue weighted by Crippen LogP contribution is 2.19. The van der Waals surface area contributed by atoms with E-state index < -0.39 is 5.97 Å². The zero-order valence-electron chi connectivity index (χ0n) is 7.61. The highest BCUT2D eigenvalue weighted by atomic mass is 32.1. The Hall–Kier alpha value is -0.940. The molecule has 0 bridgehead atoms. The number of ether oxygens (including phenoxy) is 1. The van der Waals surface area contributed by atoms with Gasteiger partial charge in [-0.2, -0.15) is 0 Å². The molecule has 0 amide bonds. The number of hydrogen-bond donors (Lipinski definition) is 1. The third kappa shape index (κ3) is 2.26. The quantitative estimate of drug-likeness (QED) is 0.739. The second kappa shape index (κ2) is 4.34. The zero-order valence-corrected chi connectivity index (χ0v) is 8.43. The highest BCUT2D eigenvalue weighted by molar-refractivity contribution is 7.09. The molecule has 0 saturated carbocycles. The summed E-state index contributed by atoms with van der Waals surface area (Å²) in [5, 5.41) is 2.57. The van der Waals surface area contributed by atoms with Gasteiger partial charge in [0.15, 0.2) is 5.69 Å². The van der Waals surface area contributed by atoms with Crippen LogP contribution in [0.15, 0.2) is 5.38 Å². The normalized spacial score (nSPS) is 12.5. The Morgan fingerprint density at radius 2 is 2.54 bits per heavy atom. The minimum absolute atomic E-state index is 0.198. The van der Waals surface area contributed by atoms with Crippen molar-refractivity contribution in [1.29, 1.82) is 0 Å². The van der Waals surface area contributed by atoms with Crippen LogP contribution in [0, 0.1) is 0 Å². The van der Waals surface area contributed by atoms with Crippen molar-refractivity contribution in [1.82, 2.24) is 4.98 Å². The Morgan fingerprint density at radius 1 is 1.85 bits per heavy atom. The first-order valence-electron chi connectivity index (χ1n) is 3.92. The number of methoxy groups -OCH3 is 1. The maximum absolute atomic E-state index is 11.0. The molecule has 0 saturated heterocycles. The molecule has 5 heteroatoms. The minimum Gasteiger partial charge on any atom is -0.464 e. The Labute approximate surface area is 80.7 Å². The van der Waals surface area contributed by atoms with Gasteiger partial charge in [-0.1, -0.05) is 6.92 Å². The molecule has 0 aliphatic heterocycles. The molecule has 72 valence electrons. The van der Waals surface area contributed by atoms with Crippen molar-refractivity contribution in [2.24, 2.45) is 5.73 Å².